The molecule has 0 radical (unpaired) electrons. The number of rotatable bonds is 3. The molecule has 0 bridgehead atoms. The van der Waals surface area contributed by atoms with Crippen LogP contribution in [-0.2, 0) is 6.42 Å². The molecule has 1 aliphatic rings. The Morgan fingerprint density at radius 1 is 1.50 bits per heavy atom. The van der Waals surface area contributed by atoms with Crippen molar-refractivity contribution in [2.24, 2.45) is 0 Å². The molecule has 0 aliphatic carbocycles. The molecule has 88 valence electrons. The molecule has 2 rings (SSSR count). The monoisotopic (exact) mass is 239 g/mol. The van der Waals surface area contributed by atoms with Crippen molar-refractivity contribution >= 4 is 11.6 Å². The van der Waals surface area contributed by atoms with Gasteiger partial charge in [-0.3, -0.25) is 0 Å². The van der Waals surface area contributed by atoms with E-state index in [0.29, 0.717) is 11.1 Å². The molecule has 0 saturated carbocycles. The third-order valence-electron chi connectivity index (χ3n) is 3.24. The van der Waals surface area contributed by atoms with E-state index in [1.165, 1.54) is 24.0 Å². The van der Waals surface area contributed by atoms with Gasteiger partial charge in [0, 0.05) is 6.04 Å². The first-order chi connectivity index (χ1) is 7.70. The molecule has 3 heteroatoms. The summed E-state index contributed by atoms with van der Waals surface area (Å²) in [7, 11) is 1.66. The van der Waals surface area contributed by atoms with Crippen molar-refractivity contribution in [1.29, 1.82) is 0 Å². The predicted molar refractivity (Wildman–Crippen MR) is 67.5 cm³/mol. The zero-order valence-corrected chi connectivity index (χ0v) is 10.6. The lowest BCUT2D eigenvalue weighted by Crippen LogP contribution is -2.24. The number of halogens is 1. The van der Waals surface area contributed by atoms with E-state index in [4.69, 9.17) is 16.3 Å². The molecular weight excluding hydrogens is 222 g/mol. The highest BCUT2D eigenvalue weighted by molar-refractivity contribution is 6.32. The number of hydrogen-bond donors (Lipinski definition) is 1. The van der Waals surface area contributed by atoms with Crippen LogP contribution in [0.2, 0.25) is 5.02 Å². The third-order valence-corrected chi connectivity index (χ3v) is 3.53. The van der Waals surface area contributed by atoms with Crippen molar-refractivity contribution in [2.45, 2.75) is 32.2 Å². The molecular formula is C13H18ClNO. The van der Waals surface area contributed by atoms with Crippen molar-refractivity contribution in [3.05, 3.63) is 28.3 Å². The minimum atomic E-state index is 0.615. The lowest BCUT2D eigenvalue weighted by atomic mass is 10.00. The van der Waals surface area contributed by atoms with Gasteiger partial charge in [-0.25, -0.2) is 0 Å². The molecule has 1 heterocycles. The number of nitrogens with one attached hydrogen (secondary N) is 1. The summed E-state index contributed by atoms with van der Waals surface area (Å²) in [4.78, 5) is 0. The van der Waals surface area contributed by atoms with Gasteiger partial charge in [-0.2, -0.15) is 0 Å². The first kappa shape index (κ1) is 11.7. The van der Waals surface area contributed by atoms with Gasteiger partial charge in [-0.15, -0.1) is 0 Å². The molecule has 0 spiro atoms. The number of hydrogen-bond acceptors (Lipinski definition) is 2. The number of aryl methyl sites for hydroxylation is 1. The van der Waals surface area contributed by atoms with E-state index in [2.05, 4.69) is 18.3 Å². The molecule has 1 aromatic carbocycles. The number of benzene rings is 1. The SMILES string of the molecule is COc1cc(CC2CCCN2)c(C)cc1Cl. The minimum Gasteiger partial charge on any atom is -0.495 e. The van der Waals surface area contributed by atoms with Crippen LogP contribution in [0, 0.1) is 6.92 Å². The van der Waals surface area contributed by atoms with E-state index >= 15 is 0 Å². The van der Waals surface area contributed by atoms with Gasteiger partial charge in [0.25, 0.3) is 0 Å². The standard InChI is InChI=1S/C13H18ClNO/c1-9-6-12(14)13(16-2)8-10(9)7-11-4-3-5-15-11/h6,8,11,15H,3-5,7H2,1-2H3. The van der Waals surface area contributed by atoms with Crippen LogP contribution in [0.15, 0.2) is 12.1 Å². The second kappa shape index (κ2) is 5.07. The molecule has 1 aromatic rings. The molecule has 0 amide bonds. The fraction of sp³-hybridized carbons (Fsp3) is 0.538. The summed E-state index contributed by atoms with van der Waals surface area (Å²) >= 11 is 6.08. The van der Waals surface area contributed by atoms with Crippen molar-refractivity contribution in [3.63, 3.8) is 0 Å². The first-order valence-corrected chi connectivity index (χ1v) is 6.15. The van der Waals surface area contributed by atoms with Crippen molar-refractivity contribution in [2.75, 3.05) is 13.7 Å². The Hall–Kier alpha value is -0.730. The van der Waals surface area contributed by atoms with Gasteiger partial charge >= 0.3 is 0 Å². The average molecular weight is 240 g/mol. The van der Waals surface area contributed by atoms with Gasteiger partial charge in [0.15, 0.2) is 0 Å². The molecule has 0 aromatic heterocycles. The quantitative estimate of drug-likeness (QED) is 0.876. The summed E-state index contributed by atoms with van der Waals surface area (Å²) in [5.74, 6) is 0.778. The zero-order chi connectivity index (χ0) is 11.5. The highest BCUT2D eigenvalue weighted by Gasteiger charge is 2.16. The van der Waals surface area contributed by atoms with Crippen LogP contribution in [0.1, 0.15) is 24.0 Å². The van der Waals surface area contributed by atoms with Crippen LogP contribution in [0.4, 0.5) is 0 Å². The summed E-state index contributed by atoms with van der Waals surface area (Å²) in [6, 6.07) is 4.67. The topological polar surface area (TPSA) is 21.3 Å². The average Bonchev–Trinajstić information content (AvgIpc) is 2.75. The van der Waals surface area contributed by atoms with E-state index < -0.39 is 0 Å². The van der Waals surface area contributed by atoms with Crippen molar-refractivity contribution < 1.29 is 4.74 Å². The predicted octanol–water partition coefficient (Wildman–Crippen LogP) is 2.95. The highest BCUT2D eigenvalue weighted by Crippen LogP contribution is 2.29. The van der Waals surface area contributed by atoms with Crippen molar-refractivity contribution in [3.8, 4) is 5.75 Å². The normalized spacial score (nSPS) is 20.1. The fourth-order valence-electron chi connectivity index (χ4n) is 2.27. The van der Waals surface area contributed by atoms with Crippen LogP contribution in [-0.4, -0.2) is 19.7 Å². The summed E-state index contributed by atoms with van der Waals surface area (Å²) in [6.45, 7) is 3.25. The summed E-state index contributed by atoms with van der Waals surface area (Å²) in [5, 5.41) is 4.21. The highest BCUT2D eigenvalue weighted by atomic mass is 35.5. The smallest absolute Gasteiger partial charge is 0.137 e. The van der Waals surface area contributed by atoms with Gasteiger partial charge in [-0.1, -0.05) is 11.6 Å². The second-order valence-corrected chi connectivity index (χ2v) is 4.82. The summed E-state index contributed by atoms with van der Waals surface area (Å²) in [6.07, 6.45) is 3.62. The molecule has 1 atom stereocenters. The van der Waals surface area contributed by atoms with E-state index in [1.807, 2.05) is 6.07 Å². The maximum Gasteiger partial charge on any atom is 0.137 e. The van der Waals surface area contributed by atoms with Crippen LogP contribution < -0.4 is 10.1 Å². The molecule has 1 unspecified atom stereocenters. The number of ether oxygens (including phenoxy) is 1. The Labute approximate surface area is 102 Å². The summed E-state index contributed by atoms with van der Waals surface area (Å²) < 4.78 is 5.25. The van der Waals surface area contributed by atoms with Gasteiger partial charge in [0.2, 0.25) is 0 Å². The molecule has 1 saturated heterocycles. The lowest BCUT2D eigenvalue weighted by molar-refractivity contribution is 0.414. The van der Waals surface area contributed by atoms with Gasteiger partial charge in [-0.05, 0) is 56.0 Å². The van der Waals surface area contributed by atoms with E-state index in [1.54, 1.807) is 7.11 Å². The van der Waals surface area contributed by atoms with Gasteiger partial charge in [0.05, 0.1) is 12.1 Å². The maximum absolute atomic E-state index is 6.08. The Morgan fingerprint density at radius 2 is 2.31 bits per heavy atom. The Morgan fingerprint density at radius 3 is 2.94 bits per heavy atom. The van der Waals surface area contributed by atoms with Gasteiger partial charge in [0.1, 0.15) is 5.75 Å². The Balaban J connectivity index is 2.18. The molecule has 16 heavy (non-hydrogen) atoms. The Bertz CT molecular complexity index is 372. The van der Waals surface area contributed by atoms with Crippen LogP contribution >= 0.6 is 11.6 Å². The maximum atomic E-state index is 6.08. The molecule has 1 aliphatic heterocycles. The zero-order valence-electron chi connectivity index (χ0n) is 9.85. The number of methoxy groups -OCH3 is 1. The third kappa shape index (κ3) is 2.50. The fourth-order valence-corrected chi connectivity index (χ4v) is 2.56. The van der Waals surface area contributed by atoms with E-state index in [-0.39, 0.29) is 0 Å². The first-order valence-electron chi connectivity index (χ1n) is 5.77. The lowest BCUT2D eigenvalue weighted by Gasteiger charge is -2.14. The second-order valence-electron chi connectivity index (χ2n) is 4.41. The largest absolute Gasteiger partial charge is 0.495 e. The van der Waals surface area contributed by atoms with E-state index in [0.717, 1.165) is 18.7 Å². The molecule has 1 N–H and O–H groups in total. The minimum absolute atomic E-state index is 0.615. The Kier molecular flexibility index (Phi) is 3.72. The van der Waals surface area contributed by atoms with Gasteiger partial charge < -0.3 is 10.1 Å². The molecule has 2 nitrogen and oxygen atoms in total. The molecule has 1 fully saturated rings. The van der Waals surface area contributed by atoms with Crippen molar-refractivity contribution in [1.82, 2.24) is 5.32 Å². The van der Waals surface area contributed by atoms with Crippen LogP contribution in [0.3, 0.4) is 0 Å². The van der Waals surface area contributed by atoms with E-state index in [9.17, 15) is 0 Å². The van der Waals surface area contributed by atoms with Crippen LogP contribution in [0.25, 0.3) is 0 Å². The van der Waals surface area contributed by atoms with Crippen LogP contribution in [0.5, 0.6) is 5.75 Å². The summed E-state index contributed by atoms with van der Waals surface area (Å²) in [5.41, 5.74) is 2.58.